The van der Waals surface area contributed by atoms with E-state index in [4.69, 9.17) is 9.47 Å². The van der Waals surface area contributed by atoms with Gasteiger partial charge in [-0.05, 0) is 60.2 Å². The van der Waals surface area contributed by atoms with E-state index in [-0.39, 0.29) is 17.7 Å². The first-order valence-electron chi connectivity index (χ1n) is 9.86. The molecule has 0 atom stereocenters. The summed E-state index contributed by atoms with van der Waals surface area (Å²) in [6.45, 7) is 0.340. The van der Waals surface area contributed by atoms with E-state index >= 15 is 0 Å². The zero-order chi connectivity index (χ0) is 22.5. The number of aromatic nitrogens is 3. The zero-order valence-electron chi connectivity index (χ0n) is 17.6. The summed E-state index contributed by atoms with van der Waals surface area (Å²) in [6.07, 6.45) is 0. The maximum atomic E-state index is 13.2. The van der Waals surface area contributed by atoms with Gasteiger partial charge in [0.2, 0.25) is 5.95 Å². The molecule has 0 amide bonds. The summed E-state index contributed by atoms with van der Waals surface area (Å²) in [5.74, 6) is 1.24. The van der Waals surface area contributed by atoms with Gasteiger partial charge in [0.05, 0.1) is 14.2 Å². The molecule has 32 heavy (non-hydrogen) atoms. The van der Waals surface area contributed by atoms with Crippen molar-refractivity contribution in [2.45, 2.75) is 6.54 Å². The molecule has 4 rings (SSSR count). The normalized spacial score (nSPS) is 10.6. The van der Waals surface area contributed by atoms with Gasteiger partial charge in [0, 0.05) is 17.7 Å². The van der Waals surface area contributed by atoms with E-state index in [1.165, 1.54) is 23.9 Å². The number of hydrogen-bond donors (Lipinski definition) is 1. The molecule has 0 unspecified atom stereocenters. The van der Waals surface area contributed by atoms with Crippen LogP contribution in [0.2, 0.25) is 0 Å². The Balaban J connectivity index is 1.68. The van der Waals surface area contributed by atoms with E-state index in [9.17, 15) is 9.18 Å². The first kappa shape index (κ1) is 21.0. The highest BCUT2D eigenvalue weighted by molar-refractivity contribution is 5.97. The highest BCUT2D eigenvalue weighted by Crippen LogP contribution is 2.23. The van der Waals surface area contributed by atoms with Gasteiger partial charge in [-0.3, -0.25) is 4.79 Å². The minimum Gasteiger partial charge on any atom is -0.497 e. The van der Waals surface area contributed by atoms with Crippen molar-refractivity contribution in [3.05, 3.63) is 89.7 Å². The van der Waals surface area contributed by atoms with Crippen molar-refractivity contribution in [3.63, 3.8) is 0 Å². The van der Waals surface area contributed by atoms with Crippen LogP contribution in [-0.2, 0) is 6.54 Å². The highest BCUT2D eigenvalue weighted by Gasteiger charge is 2.19. The molecule has 0 saturated carbocycles. The fourth-order valence-electron chi connectivity index (χ4n) is 3.09. The fraction of sp³-hybridized carbons (Fsp3) is 0.125. The fourth-order valence-corrected chi connectivity index (χ4v) is 3.09. The standard InChI is InChI=1S/C24H21FN4O3/c1-31-20-12-8-17(9-13-20)22-27-24(26-15-16-6-10-19(25)11-7-16)29(28-22)23(30)18-4-3-5-21(14-18)32-2/h3-14H,15H2,1-2H3,(H,26,27,28). The Bertz CT molecular complexity index is 1220. The van der Waals surface area contributed by atoms with Gasteiger partial charge in [-0.25, -0.2) is 4.39 Å². The van der Waals surface area contributed by atoms with Gasteiger partial charge in [-0.15, -0.1) is 5.10 Å². The molecule has 0 saturated heterocycles. The summed E-state index contributed by atoms with van der Waals surface area (Å²) in [5, 5.41) is 7.58. The second-order valence-corrected chi connectivity index (χ2v) is 6.92. The number of carbonyl (C=O) groups is 1. The summed E-state index contributed by atoms with van der Waals surface area (Å²) in [6, 6.07) is 20.1. The summed E-state index contributed by atoms with van der Waals surface area (Å²) < 4.78 is 24.8. The minimum atomic E-state index is -0.363. The number of hydrogen-bond acceptors (Lipinski definition) is 6. The van der Waals surface area contributed by atoms with E-state index < -0.39 is 0 Å². The van der Waals surface area contributed by atoms with Gasteiger partial charge in [0.25, 0.3) is 5.91 Å². The summed E-state index contributed by atoms with van der Waals surface area (Å²) >= 11 is 0. The van der Waals surface area contributed by atoms with Crippen LogP contribution < -0.4 is 14.8 Å². The van der Waals surface area contributed by atoms with Crippen molar-refractivity contribution in [2.24, 2.45) is 0 Å². The van der Waals surface area contributed by atoms with Gasteiger partial charge in [-0.1, -0.05) is 18.2 Å². The maximum Gasteiger partial charge on any atom is 0.281 e. The van der Waals surface area contributed by atoms with Crippen LogP contribution in [0, 0.1) is 5.82 Å². The topological polar surface area (TPSA) is 78.3 Å². The molecule has 1 aromatic heterocycles. The van der Waals surface area contributed by atoms with E-state index in [0.717, 1.165) is 11.1 Å². The van der Waals surface area contributed by atoms with Gasteiger partial charge >= 0.3 is 0 Å². The van der Waals surface area contributed by atoms with E-state index in [2.05, 4.69) is 15.4 Å². The van der Waals surface area contributed by atoms with Crippen molar-refractivity contribution in [2.75, 3.05) is 19.5 Å². The summed E-state index contributed by atoms with van der Waals surface area (Å²) in [4.78, 5) is 17.8. The van der Waals surface area contributed by atoms with E-state index in [1.54, 1.807) is 55.6 Å². The third kappa shape index (κ3) is 4.59. The molecule has 0 aliphatic rings. The number of methoxy groups -OCH3 is 2. The smallest absolute Gasteiger partial charge is 0.281 e. The van der Waals surface area contributed by atoms with Crippen LogP contribution in [0.15, 0.2) is 72.8 Å². The van der Waals surface area contributed by atoms with Crippen LogP contribution in [0.25, 0.3) is 11.4 Å². The first-order valence-corrected chi connectivity index (χ1v) is 9.86. The lowest BCUT2D eigenvalue weighted by atomic mass is 10.2. The first-order chi connectivity index (χ1) is 15.6. The molecule has 0 aliphatic heterocycles. The monoisotopic (exact) mass is 432 g/mol. The second kappa shape index (κ2) is 9.30. The second-order valence-electron chi connectivity index (χ2n) is 6.92. The Kier molecular flexibility index (Phi) is 6.12. The predicted molar refractivity (Wildman–Crippen MR) is 118 cm³/mol. The number of halogens is 1. The summed E-state index contributed by atoms with van der Waals surface area (Å²) in [5.41, 5.74) is 1.97. The Morgan fingerprint density at radius 2 is 1.69 bits per heavy atom. The van der Waals surface area contributed by atoms with Crippen LogP contribution >= 0.6 is 0 Å². The molecule has 3 aromatic carbocycles. The number of carbonyl (C=O) groups excluding carboxylic acids is 1. The maximum absolute atomic E-state index is 13.2. The van der Waals surface area contributed by atoms with Crippen molar-refractivity contribution in [1.29, 1.82) is 0 Å². The minimum absolute atomic E-state index is 0.271. The number of benzene rings is 3. The molecule has 0 radical (unpaired) electrons. The Labute approximate surface area is 184 Å². The molecule has 8 heteroatoms. The van der Waals surface area contributed by atoms with Crippen LogP contribution in [0.1, 0.15) is 15.9 Å². The van der Waals surface area contributed by atoms with E-state index in [0.29, 0.717) is 29.4 Å². The molecule has 0 spiro atoms. The third-order valence-electron chi connectivity index (χ3n) is 4.83. The predicted octanol–water partition coefficient (Wildman–Crippen LogP) is 4.40. The zero-order valence-corrected chi connectivity index (χ0v) is 17.6. The molecule has 162 valence electrons. The Morgan fingerprint density at radius 1 is 0.969 bits per heavy atom. The summed E-state index contributed by atoms with van der Waals surface area (Å²) in [7, 11) is 3.13. The molecule has 4 aromatic rings. The van der Waals surface area contributed by atoms with Crippen molar-refractivity contribution in [3.8, 4) is 22.9 Å². The highest BCUT2D eigenvalue weighted by atomic mass is 19.1. The van der Waals surface area contributed by atoms with Crippen LogP contribution in [0.3, 0.4) is 0 Å². The van der Waals surface area contributed by atoms with Crippen LogP contribution in [-0.4, -0.2) is 34.9 Å². The van der Waals surface area contributed by atoms with Gasteiger partial charge in [0.15, 0.2) is 5.82 Å². The molecular formula is C24H21FN4O3. The Morgan fingerprint density at radius 3 is 2.38 bits per heavy atom. The van der Waals surface area contributed by atoms with Crippen LogP contribution in [0.4, 0.5) is 10.3 Å². The molecule has 1 heterocycles. The molecule has 7 nitrogen and oxygen atoms in total. The van der Waals surface area contributed by atoms with Crippen molar-refractivity contribution in [1.82, 2.24) is 14.8 Å². The van der Waals surface area contributed by atoms with E-state index in [1.807, 2.05) is 12.1 Å². The van der Waals surface area contributed by atoms with Crippen molar-refractivity contribution < 1.29 is 18.7 Å². The average Bonchev–Trinajstić information content (AvgIpc) is 3.27. The van der Waals surface area contributed by atoms with Gasteiger partial charge in [-0.2, -0.15) is 9.67 Å². The quantitative estimate of drug-likeness (QED) is 0.466. The average molecular weight is 432 g/mol. The lowest BCUT2D eigenvalue weighted by molar-refractivity contribution is 0.0947. The third-order valence-corrected chi connectivity index (χ3v) is 4.83. The molecular weight excluding hydrogens is 411 g/mol. The molecule has 0 bridgehead atoms. The number of anilines is 1. The SMILES string of the molecule is COc1ccc(-c2nc(NCc3ccc(F)cc3)n(C(=O)c3cccc(OC)c3)n2)cc1. The molecule has 0 aliphatic carbocycles. The van der Waals surface area contributed by atoms with Gasteiger partial charge < -0.3 is 14.8 Å². The van der Waals surface area contributed by atoms with Gasteiger partial charge in [0.1, 0.15) is 17.3 Å². The van der Waals surface area contributed by atoms with Crippen LogP contribution in [0.5, 0.6) is 11.5 Å². The lowest BCUT2D eigenvalue weighted by Crippen LogP contribution is -2.17. The lowest BCUT2D eigenvalue weighted by Gasteiger charge is -2.08. The number of rotatable bonds is 7. The largest absolute Gasteiger partial charge is 0.497 e. The molecule has 1 N–H and O–H groups in total. The van der Waals surface area contributed by atoms with Crippen molar-refractivity contribution >= 4 is 11.9 Å². The number of nitrogens with zero attached hydrogens (tertiary/aromatic N) is 3. The number of nitrogens with one attached hydrogen (secondary N) is 1. The molecule has 0 fully saturated rings. The Hall–Kier alpha value is -4.20. The number of ether oxygens (including phenoxy) is 2.